The summed E-state index contributed by atoms with van der Waals surface area (Å²) in [7, 11) is -4.02. The van der Waals surface area contributed by atoms with Crippen molar-refractivity contribution in [3.63, 3.8) is 0 Å². The molecule has 1 atom stereocenters. The van der Waals surface area contributed by atoms with Crippen molar-refractivity contribution in [2.75, 3.05) is 11.3 Å². The van der Waals surface area contributed by atoms with E-state index in [9.17, 15) is 17.6 Å². The molecule has 27 heavy (non-hydrogen) atoms. The minimum absolute atomic E-state index is 0. The fraction of sp³-hybridized carbons (Fsp3) is 0.278. The average molecular weight is 414 g/mol. The summed E-state index contributed by atoms with van der Waals surface area (Å²) in [5.41, 5.74) is 5.74. The zero-order chi connectivity index (χ0) is 18.7. The van der Waals surface area contributed by atoms with Gasteiger partial charge in [0.15, 0.2) is 0 Å². The van der Waals surface area contributed by atoms with Crippen LogP contribution in [0, 0.1) is 11.7 Å². The lowest BCUT2D eigenvalue weighted by Crippen LogP contribution is -2.41. The van der Waals surface area contributed by atoms with Crippen molar-refractivity contribution in [3.05, 3.63) is 59.9 Å². The lowest BCUT2D eigenvalue weighted by molar-refractivity contribution is 0.0933. The fourth-order valence-corrected chi connectivity index (χ4v) is 3.78. The van der Waals surface area contributed by atoms with Gasteiger partial charge in [-0.15, -0.1) is 12.4 Å². The van der Waals surface area contributed by atoms with Gasteiger partial charge in [-0.2, -0.15) is 0 Å². The lowest BCUT2D eigenvalue weighted by Gasteiger charge is -2.16. The minimum Gasteiger partial charge on any atom is -0.348 e. The molecule has 3 rings (SSSR count). The number of hydrogen-bond donors (Lipinski definition) is 3. The van der Waals surface area contributed by atoms with E-state index in [1.807, 2.05) is 0 Å². The molecular formula is C18H21ClFN3O3S. The van der Waals surface area contributed by atoms with Crippen LogP contribution in [0.5, 0.6) is 0 Å². The Hall–Kier alpha value is -2.16. The number of amides is 1. The third-order valence-corrected chi connectivity index (χ3v) is 5.65. The quantitative estimate of drug-likeness (QED) is 0.649. The van der Waals surface area contributed by atoms with Gasteiger partial charge in [-0.25, -0.2) is 12.8 Å². The van der Waals surface area contributed by atoms with E-state index in [0.717, 1.165) is 18.9 Å². The first-order chi connectivity index (χ1) is 12.4. The fourth-order valence-electron chi connectivity index (χ4n) is 2.67. The molecule has 1 aliphatic rings. The van der Waals surface area contributed by atoms with E-state index in [1.54, 1.807) is 0 Å². The molecule has 2 aromatic carbocycles. The van der Waals surface area contributed by atoms with Crippen molar-refractivity contribution in [3.8, 4) is 0 Å². The SMILES string of the molecule is Cl.NCC(NC(=O)c1cccc(S(=O)(=O)Nc2ccccc2F)c1)C1CC1. The third-order valence-electron chi connectivity index (χ3n) is 4.29. The zero-order valence-corrected chi connectivity index (χ0v) is 16.0. The van der Waals surface area contributed by atoms with Crippen LogP contribution < -0.4 is 15.8 Å². The Labute approximate surface area is 163 Å². The van der Waals surface area contributed by atoms with E-state index in [0.29, 0.717) is 12.5 Å². The van der Waals surface area contributed by atoms with Crippen LogP contribution in [0.15, 0.2) is 53.4 Å². The van der Waals surface area contributed by atoms with E-state index in [1.165, 1.54) is 42.5 Å². The Morgan fingerprint density at radius 2 is 1.89 bits per heavy atom. The molecule has 1 saturated carbocycles. The highest BCUT2D eigenvalue weighted by Crippen LogP contribution is 2.32. The predicted molar refractivity (Wildman–Crippen MR) is 104 cm³/mol. The molecule has 1 unspecified atom stereocenters. The molecule has 1 aliphatic carbocycles. The summed E-state index contributed by atoms with van der Waals surface area (Å²) in [6.07, 6.45) is 2.06. The number of carbonyl (C=O) groups is 1. The van der Waals surface area contributed by atoms with Gasteiger partial charge in [-0.1, -0.05) is 18.2 Å². The van der Waals surface area contributed by atoms with Crippen LogP contribution in [-0.4, -0.2) is 26.9 Å². The van der Waals surface area contributed by atoms with E-state index in [-0.39, 0.29) is 40.5 Å². The molecule has 6 nitrogen and oxygen atoms in total. The van der Waals surface area contributed by atoms with Gasteiger partial charge in [0, 0.05) is 18.2 Å². The minimum atomic E-state index is -4.02. The normalized spacial score (nSPS) is 14.7. The summed E-state index contributed by atoms with van der Waals surface area (Å²) in [6, 6.07) is 11.0. The zero-order valence-electron chi connectivity index (χ0n) is 14.4. The molecule has 0 heterocycles. The number of halogens is 2. The summed E-state index contributed by atoms with van der Waals surface area (Å²) in [4.78, 5) is 12.3. The highest BCUT2D eigenvalue weighted by atomic mass is 35.5. The Balaban J connectivity index is 0.00000261. The molecule has 0 bridgehead atoms. The first-order valence-electron chi connectivity index (χ1n) is 8.29. The molecule has 1 amide bonds. The molecule has 0 spiro atoms. The number of benzene rings is 2. The summed E-state index contributed by atoms with van der Waals surface area (Å²) < 4.78 is 40.9. The third kappa shape index (κ3) is 5.18. The van der Waals surface area contributed by atoms with Crippen molar-refractivity contribution in [1.82, 2.24) is 5.32 Å². The van der Waals surface area contributed by atoms with Gasteiger partial charge in [0.1, 0.15) is 5.82 Å². The van der Waals surface area contributed by atoms with Crippen LogP contribution in [0.2, 0.25) is 0 Å². The highest BCUT2D eigenvalue weighted by Gasteiger charge is 2.31. The van der Waals surface area contributed by atoms with Gasteiger partial charge >= 0.3 is 0 Å². The number of sulfonamides is 1. The standard InChI is InChI=1S/C18H20FN3O3S.ClH/c19-15-6-1-2-7-16(15)22-26(24,25)14-5-3-4-13(10-14)18(23)21-17(11-20)12-8-9-12;/h1-7,10,12,17,22H,8-9,11,20H2,(H,21,23);1H. The second kappa shape index (κ2) is 8.69. The molecule has 4 N–H and O–H groups in total. The lowest BCUT2D eigenvalue weighted by atomic mass is 10.1. The molecule has 0 aliphatic heterocycles. The van der Waals surface area contributed by atoms with Crippen LogP contribution in [0.25, 0.3) is 0 Å². The predicted octanol–water partition coefficient (Wildman–Crippen LogP) is 2.52. The molecule has 9 heteroatoms. The molecular weight excluding hydrogens is 393 g/mol. The van der Waals surface area contributed by atoms with Crippen LogP contribution in [-0.2, 0) is 10.0 Å². The first kappa shape index (κ1) is 21.1. The van der Waals surface area contributed by atoms with Crippen LogP contribution in [0.1, 0.15) is 23.2 Å². The maximum absolute atomic E-state index is 13.7. The van der Waals surface area contributed by atoms with Crippen LogP contribution >= 0.6 is 12.4 Å². The van der Waals surface area contributed by atoms with Crippen LogP contribution in [0.4, 0.5) is 10.1 Å². The van der Waals surface area contributed by atoms with Crippen molar-refractivity contribution < 1.29 is 17.6 Å². The number of anilines is 1. The van der Waals surface area contributed by atoms with Gasteiger partial charge in [-0.05, 0) is 49.1 Å². The summed E-state index contributed by atoms with van der Waals surface area (Å²) in [5, 5.41) is 2.84. The van der Waals surface area contributed by atoms with Gasteiger partial charge in [0.05, 0.1) is 10.6 Å². The Bertz CT molecular complexity index is 920. The van der Waals surface area contributed by atoms with Gasteiger partial charge in [0.25, 0.3) is 15.9 Å². The Morgan fingerprint density at radius 3 is 2.52 bits per heavy atom. The largest absolute Gasteiger partial charge is 0.348 e. The van der Waals surface area contributed by atoms with Crippen molar-refractivity contribution in [2.45, 2.75) is 23.8 Å². The second-order valence-corrected chi connectivity index (χ2v) is 7.95. The van der Waals surface area contributed by atoms with E-state index < -0.39 is 15.8 Å². The van der Waals surface area contributed by atoms with Gasteiger partial charge < -0.3 is 11.1 Å². The molecule has 2 aromatic rings. The molecule has 1 fully saturated rings. The average Bonchev–Trinajstić information content (AvgIpc) is 3.46. The number of carbonyl (C=O) groups excluding carboxylic acids is 1. The monoisotopic (exact) mass is 413 g/mol. The Kier molecular flexibility index (Phi) is 6.80. The maximum atomic E-state index is 13.7. The summed E-state index contributed by atoms with van der Waals surface area (Å²) in [6.45, 7) is 0.337. The second-order valence-electron chi connectivity index (χ2n) is 6.27. The van der Waals surface area contributed by atoms with E-state index >= 15 is 0 Å². The number of nitrogens with two attached hydrogens (primary N) is 1. The summed E-state index contributed by atoms with van der Waals surface area (Å²) in [5.74, 6) is -0.672. The number of para-hydroxylation sites is 1. The smallest absolute Gasteiger partial charge is 0.262 e. The van der Waals surface area contributed by atoms with E-state index in [2.05, 4.69) is 10.0 Å². The highest BCUT2D eigenvalue weighted by molar-refractivity contribution is 7.92. The molecule has 0 radical (unpaired) electrons. The topological polar surface area (TPSA) is 101 Å². The van der Waals surface area contributed by atoms with Crippen molar-refractivity contribution in [1.29, 1.82) is 0 Å². The molecule has 0 aromatic heterocycles. The van der Waals surface area contributed by atoms with Crippen LogP contribution in [0.3, 0.4) is 0 Å². The number of nitrogens with one attached hydrogen (secondary N) is 2. The first-order valence-corrected chi connectivity index (χ1v) is 9.77. The van der Waals surface area contributed by atoms with E-state index in [4.69, 9.17) is 5.73 Å². The summed E-state index contributed by atoms with van der Waals surface area (Å²) >= 11 is 0. The van der Waals surface area contributed by atoms with Gasteiger partial charge in [-0.3, -0.25) is 9.52 Å². The van der Waals surface area contributed by atoms with Gasteiger partial charge in [0.2, 0.25) is 0 Å². The van der Waals surface area contributed by atoms with Crippen molar-refractivity contribution >= 4 is 34.0 Å². The molecule has 146 valence electrons. The number of rotatable bonds is 7. The number of hydrogen-bond acceptors (Lipinski definition) is 4. The Morgan fingerprint density at radius 1 is 1.19 bits per heavy atom. The molecule has 0 saturated heterocycles. The van der Waals surface area contributed by atoms with Crippen molar-refractivity contribution in [2.24, 2.45) is 11.7 Å². The maximum Gasteiger partial charge on any atom is 0.262 e.